The number of aromatic carboxylic acids is 1. The quantitative estimate of drug-likeness (QED) is 0.0259. The number of methoxy groups -OCH3 is 2. The predicted molar refractivity (Wildman–Crippen MR) is 203 cm³/mol. The summed E-state index contributed by atoms with van der Waals surface area (Å²) in [6, 6.07) is 16.1. The standard InChI is InChI=1S/C39H44N4O7S/c1-7-9-13-29(23-27(4)44)50-35(22-17-26(3)31-14-11-12-15-32(31)38(46)47)33(34(45)16-10-8-2)25-40-28-18-20-30(21-19-28)51-43-36-24-37(48-5)42-39(41-36)49-6/h7-8,11-12,14-16,18-21,23-24,40,45H,1-3,9-10,13,17,22,25H2,4-6H3,(H,46,47)(H,41,42,43)/b29-23+,34-16+,35-33+. The molecule has 0 saturated heterocycles. The van der Waals surface area contributed by atoms with Crippen LogP contribution in [0.3, 0.4) is 0 Å². The lowest BCUT2D eigenvalue weighted by Crippen LogP contribution is -2.12. The van der Waals surface area contributed by atoms with Crippen LogP contribution in [-0.2, 0) is 9.53 Å². The average molecular weight is 713 g/mol. The molecule has 12 heteroatoms. The first-order valence-electron chi connectivity index (χ1n) is 16.0. The van der Waals surface area contributed by atoms with Crippen LogP contribution in [0.4, 0.5) is 11.5 Å². The molecule has 51 heavy (non-hydrogen) atoms. The van der Waals surface area contributed by atoms with Crippen molar-refractivity contribution < 1.29 is 34.0 Å². The van der Waals surface area contributed by atoms with Crippen LogP contribution < -0.4 is 19.5 Å². The fourth-order valence-electron chi connectivity index (χ4n) is 4.67. The molecular formula is C39H44N4O7S. The van der Waals surface area contributed by atoms with E-state index in [1.807, 2.05) is 24.3 Å². The molecule has 0 saturated carbocycles. The van der Waals surface area contributed by atoms with E-state index in [0.29, 0.717) is 65.6 Å². The van der Waals surface area contributed by atoms with Gasteiger partial charge in [-0.25, -0.2) is 4.79 Å². The molecule has 0 spiro atoms. The minimum absolute atomic E-state index is 0.0214. The summed E-state index contributed by atoms with van der Waals surface area (Å²) in [6.45, 7) is 13.3. The van der Waals surface area contributed by atoms with Crippen molar-refractivity contribution in [3.05, 3.63) is 133 Å². The molecular weight excluding hydrogens is 669 g/mol. The highest BCUT2D eigenvalue weighted by atomic mass is 32.2. The summed E-state index contributed by atoms with van der Waals surface area (Å²) < 4.78 is 19.9. The summed E-state index contributed by atoms with van der Waals surface area (Å²) in [5, 5.41) is 24.5. The summed E-state index contributed by atoms with van der Waals surface area (Å²) in [6.07, 6.45) is 8.38. The Bertz CT molecular complexity index is 1780. The molecule has 3 aromatic rings. The van der Waals surface area contributed by atoms with Crippen LogP contribution >= 0.6 is 11.9 Å². The molecule has 3 rings (SSSR count). The van der Waals surface area contributed by atoms with Crippen LogP contribution in [0.15, 0.2) is 126 Å². The number of ether oxygens (including phenoxy) is 3. The normalized spacial score (nSPS) is 11.9. The number of hydrogen-bond donors (Lipinski definition) is 4. The zero-order chi connectivity index (χ0) is 37.2. The Hall–Kier alpha value is -5.75. The van der Waals surface area contributed by atoms with E-state index < -0.39 is 5.97 Å². The molecule has 1 aromatic heterocycles. The Morgan fingerprint density at radius 1 is 0.941 bits per heavy atom. The van der Waals surface area contributed by atoms with Gasteiger partial charge in [0.25, 0.3) is 0 Å². The summed E-state index contributed by atoms with van der Waals surface area (Å²) in [5.74, 6) is 0.418. The SMILES string of the molecule is C=CC/C=C(O)\C(CNc1ccc(SNc2cc(OC)nc(OC)n2)cc1)=C(/CCC(=C)c1ccccc1C(=O)O)O/C(=C/C(C)=O)CCC=C. The van der Waals surface area contributed by atoms with Gasteiger partial charge >= 0.3 is 12.0 Å². The van der Waals surface area contributed by atoms with Crippen molar-refractivity contribution in [2.75, 3.05) is 30.8 Å². The van der Waals surface area contributed by atoms with E-state index in [-0.39, 0.29) is 36.1 Å². The monoisotopic (exact) mass is 712 g/mol. The van der Waals surface area contributed by atoms with Crippen molar-refractivity contribution in [1.29, 1.82) is 0 Å². The summed E-state index contributed by atoms with van der Waals surface area (Å²) >= 11 is 1.34. The van der Waals surface area contributed by atoms with Crippen molar-refractivity contribution in [2.45, 2.75) is 43.9 Å². The number of carbonyl (C=O) groups excluding carboxylic acids is 1. The van der Waals surface area contributed by atoms with Gasteiger partial charge in [-0.15, -0.1) is 13.2 Å². The lowest BCUT2D eigenvalue weighted by atomic mass is 9.96. The van der Waals surface area contributed by atoms with Crippen molar-refractivity contribution in [3.63, 3.8) is 0 Å². The van der Waals surface area contributed by atoms with Gasteiger partial charge in [-0.05, 0) is 85.7 Å². The second-order valence-electron chi connectivity index (χ2n) is 11.0. The molecule has 268 valence electrons. The van der Waals surface area contributed by atoms with Gasteiger partial charge in [0.2, 0.25) is 5.88 Å². The van der Waals surface area contributed by atoms with E-state index in [1.54, 1.807) is 42.5 Å². The van der Waals surface area contributed by atoms with E-state index in [0.717, 1.165) is 10.6 Å². The largest absolute Gasteiger partial charge is 0.508 e. The number of carbonyl (C=O) groups is 2. The van der Waals surface area contributed by atoms with Gasteiger partial charge in [0.1, 0.15) is 23.1 Å². The molecule has 0 amide bonds. The number of nitrogens with zero attached hydrogens (tertiary/aromatic N) is 2. The molecule has 0 aliphatic rings. The van der Waals surface area contributed by atoms with Crippen LogP contribution in [-0.4, -0.2) is 52.7 Å². The second-order valence-corrected chi connectivity index (χ2v) is 11.9. The number of benzene rings is 2. The lowest BCUT2D eigenvalue weighted by Gasteiger charge is -2.20. The van der Waals surface area contributed by atoms with E-state index in [1.165, 1.54) is 45.2 Å². The molecule has 0 atom stereocenters. The molecule has 0 radical (unpaired) electrons. The number of aromatic nitrogens is 2. The van der Waals surface area contributed by atoms with E-state index >= 15 is 0 Å². The minimum Gasteiger partial charge on any atom is -0.508 e. The number of rotatable bonds is 22. The van der Waals surface area contributed by atoms with E-state index in [4.69, 9.17) is 14.2 Å². The number of anilines is 2. The van der Waals surface area contributed by atoms with Crippen molar-refractivity contribution in [3.8, 4) is 11.9 Å². The topological polar surface area (TPSA) is 152 Å². The van der Waals surface area contributed by atoms with Crippen LogP contribution in [0.2, 0.25) is 0 Å². The lowest BCUT2D eigenvalue weighted by molar-refractivity contribution is -0.112. The summed E-state index contributed by atoms with van der Waals surface area (Å²) in [4.78, 5) is 33.3. The number of nitrogens with one attached hydrogen (secondary N) is 2. The number of hydrogen-bond acceptors (Lipinski definition) is 11. The summed E-state index contributed by atoms with van der Waals surface area (Å²) in [7, 11) is 2.99. The Kier molecular flexibility index (Phi) is 16.1. The molecule has 0 fully saturated rings. The molecule has 0 unspecified atom stereocenters. The zero-order valence-corrected chi connectivity index (χ0v) is 29.9. The first kappa shape index (κ1) is 39.7. The van der Waals surface area contributed by atoms with Crippen molar-refractivity contribution in [1.82, 2.24) is 9.97 Å². The highest BCUT2D eigenvalue weighted by molar-refractivity contribution is 8.00. The van der Waals surface area contributed by atoms with E-state index in [9.17, 15) is 19.8 Å². The number of carboxylic acids is 1. The van der Waals surface area contributed by atoms with Crippen molar-refractivity contribution >= 4 is 40.8 Å². The van der Waals surface area contributed by atoms with Crippen molar-refractivity contribution in [2.24, 2.45) is 0 Å². The smallest absolute Gasteiger partial charge is 0.336 e. The van der Waals surface area contributed by atoms with Gasteiger partial charge in [0, 0.05) is 42.1 Å². The van der Waals surface area contributed by atoms with Crippen LogP contribution in [0.1, 0.15) is 54.9 Å². The van der Waals surface area contributed by atoms with Gasteiger partial charge in [-0.1, -0.05) is 36.9 Å². The third kappa shape index (κ3) is 12.9. The molecule has 1 heterocycles. The van der Waals surface area contributed by atoms with Gasteiger partial charge in [0.15, 0.2) is 5.78 Å². The first-order valence-corrected chi connectivity index (χ1v) is 16.9. The van der Waals surface area contributed by atoms with E-state index in [2.05, 4.69) is 39.7 Å². The number of ketones is 1. The van der Waals surface area contributed by atoms with Gasteiger partial charge < -0.3 is 34.5 Å². The Morgan fingerprint density at radius 3 is 2.29 bits per heavy atom. The number of aliphatic hydroxyl groups is 1. The van der Waals surface area contributed by atoms with Gasteiger partial charge in [-0.3, -0.25) is 4.79 Å². The molecule has 0 aliphatic heterocycles. The Labute approximate surface area is 303 Å². The average Bonchev–Trinajstić information content (AvgIpc) is 3.13. The highest BCUT2D eigenvalue weighted by Crippen LogP contribution is 2.30. The molecule has 4 N–H and O–H groups in total. The van der Waals surface area contributed by atoms with Crippen LogP contribution in [0.25, 0.3) is 5.57 Å². The maximum atomic E-state index is 12.1. The van der Waals surface area contributed by atoms with Crippen LogP contribution in [0.5, 0.6) is 11.9 Å². The fraction of sp³-hybridized carbons (Fsp3) is 0.231. The number of carboxylic acid groups (broad SMARTS) is 1. The molecule has 0 bridgehead atoms. The number of aliphatic hydroxyl groups excluding tert-OH is 1. The zero-order valence-electron chi connectivity index (χ0n) is 29.1. The first-order chi connectivity index (χ1) is 24.6. The maximum absolute atomic E-state index is 12.1. The minimum atomic E-state index is -1.06. The molecule has 0 aliphatic carbocycles. The van der Waals surface area contributed by atoms with Gasteiger partial charge in [0.05, 0.1) is 25.4 Å². The second kappa shape index (κ2) is 20.7. The van der Waals surface area contributed by atoms with Gasteiger partial charge in [-0.2, -0.15) is 9.97 Å². The van der Waals surface area contributed by atoms with Crippen LogP contribution in [0, 0.1) is 0 Å². The fourth-order valence-corrected chi connectivity index (χ4v) is 5.27. The predicted octanol–water partition coefficient (Wildman–Crippen LogP) is 8.94. The molecule has 11 nitrogen and oxygen atoms in total. The Balaban J connectivity index is 1.92. The highest BCUT2D eigenvalue weighted by Gasteiger charge is 2.18. The maximum Gasteiger partial charge on any atom is 0.336 e. The third-order valence-corrected chi connectivity index (χ3v) is 8.02. The Morgan fingerprint density at radius 2 is 1.67 bits per heavy atom. The molecule has 2 aromatic carbocycles. The summed E-state index contributed by atoms with van der Waals surface area (Å²) in [5.41, 5.74) is 2.45. The third-order valence-electron chi connectivity index (χ3n) is 7.20. The number of allylic oxidation sites excluding steroid dienone is 7.